The van der Waals surface area contributed by atoms with E-state index in [4.69, 9.17) is 14.9 Å². The summed E-state index contributed by atoms with van der Waals surface area (Å²) in [7, 11) is 0. The first-order valence-electron chi connectivity index (χ1n) is 18.7. The number of nitrogens with one attached hydrogen (secondary N) is 2. The van der Waals surface area contributed by atoms with Gasteiger partial charge in [0.15, 0.2) is 0 Å². The molecule has 290 valence electrons. The molecule has 2 unspecified atom stereocenters. The summed E-state index contributed by atoms with van der Waals surface area (Å²) in [5, 5.41) is 24.1. The van der Waals surface area contributed by atoms with Gasteiger partial charge >= 0.3 is 17.9 Å². The number of ether oxygens (including phenoxy) is 1. The van der Waals surface area contributed by atoms with Gasteiger partial charge in [-0.25, -0.2) is 0 Å². The standard InChI is InChI=1S/C36H65N3O8S3/c1-29(2)11-5-3-10-23-47-35(45)18-27-49-25-15-31(36(46)37-19-22-39-20-8-4-9-21-39)38-32(40)13-7-6-12-30(50-28-17-34(43)44)14-24-48-26-16-33(41)42/h29-31H,3-28H2,1-2H3,(H,37,46)(H,38,40)(H,41,42)(H,43,44). The van der Waals surface area contributed by atoms with Crippen LogP contribution in [0.5, 0.6) is 0 Å². The lowest BCUT2D eigenvalue weighted by Gasteiger charge is -2.26. The Morgan fingerprint density at radius 1 is 0.720 bits per heavy atom. The third-order valence-corrected chi connectivity index (χ3v) is 11.8. The van der Waals surface area contributed by atoms with Gasteiger partial charge in [-0.2, -0.15) is 35.3 Å². The summed E-state index contributed by atoms with van der Waals surface area (Å²) in [5.41, 5.74) is 0. The normalized spacial score (nSPS) is 14.6. The third kappa shape index (κ3) is 28.0. The summed E-state index contributed by atoms with van der Waals surface area (Å²) in [4.78, 5) is 62.4. The number of hydrogen-bond donors (Lipinski definition) is 4. The van der Waals surface area contributed by atoms with Crippen molar-refractivity contribution in [1.82, 2.24) is 15.5 Å². The lowest BCUT2D eigenvalue weighted by atomic mass is 10.1. The Labute approximate surface area is 313 Å². The molecule has 1 aliphatic rings. The number of hydrogen-bond acceptors (Lipinski definition) is 10. The highest BCUT2D eigenvalue weighted by Crippen LogP contribution is 2.24. The van der Waals surface area contributed by atoms with Crippen LogP contribution >= 0.6 is 35.3 Å². The Kier molecular flexibility index (Phi) is 28.7. The highest BCUT2D eigenvalue weighted by atomic mass is 32.2. The number of likely N-dealkylation sites (tertiary alicyclic amines) is 1. The molecule has 0 aromatic heterocycles. The Balaban J connectivity index is 2.48. The zero-order chi connectivity index (χ0) is 36.8. The number of piperidine rings is 1. The number of amides is 2. The second-order valence-corrected chi connectivity index (χ2v) is 17.2. The number of carbonyl (C=O) groups excluding carboxylic acids is 3. The van der Waals surface area contributed by atoms with Crippen molar-refractivity contribution in [2.75, 3.05) is 61.6 Å². The van der Waals surface area contributed by atoms with Crippen LogP contribution in [0.25, 0.3) is 0 Å². The molecule has 2 atom stereocenters. The first-order valence-corrected chi connectivity index (χ1v) is 22.1. The lowest BCUT2D eigenvalue weighted by molar-refractivity contribution is -0.143. The number of carbonyl (C=O) groups is 5. The molecule has 0 radical (unpaired) electrons. The van der Waals surface area contributed by atoms with Gasteiger partial charge in [-0.15, -0.1) is 0 Å². The molecule has 1 fully saturated rings. The van der Waals surface area contributed by atoms with Crippen LogP contribution < -0.4 is 10.6 Å². The smallest absolute Gasteiger partial charge is 0.306 e. The predicted molar refractivity (Wildman–Crippen MR) is 207 cm³/mol. The van der Waals surface area contributed by atoms with Crippen molar-refractivity contribution in [3.8, 4) is 0 Å². The number of rotatable bonds is 32. The topological polar surface area (TPSA) is 162 Å². The molecule has 0 aromatic rings. The van der Waals surface area contributed by atoms with E-state index in [0.29, 0.717) is 67.8 Å². The Morgan fingerprint density at radius 2 is 1.38 bits per heavy atom. The maximum absolute atomic E-state index is 13.2. The maximum atomic E-state index is 13.2. The van der Waals surface area contributed by atoms with E-state index in [1.54, 1.807) is 35.3 Å². The molecule has 1 aliphatic heterocycles. The van der Waals surface area contributed by atoms with Crippen LogP contribution in [-0.2, 0) is 28.7 Å². The van der Waals surface area contributed by atoms with Crippen molar-refractivity contribution in [3.05, 3.63) is 0 Å². The minimum atomic E-state index is -0.826. The van der Waals surface area contributed by atoms with Gasteiger partial charge in [0.1, 0.15) is 6.04 Å². The summed E-state index contributed by atoms with van der Waals surface area (Å²) in [6, 6.07) is -0.642. The summed E-state index contributed by atoms with van der Waals surface area (Å²) in [5.74, 6) is 1.64. The minimum Gasteiger partial charge on any atom is -0.481 e. The van der Waals surface area contributed by atoms with E-state index in [0.717, 1.165) is 63.9 Å². The Bertz CT molecular complexity index is 954. The number of unbranched alkanes of at least 4 members (excludes halogenated alkanes) is 3. The first-order chi connectivity index (χ1) is 24.1. The molecule has 0 aliphatic carbocycles. The zero-order valence-electron chi connectivity index (χ0n) is 30.6. The molecule has 0 spiro atoms. The van der Waals surface area contributed by atoms with Gasteiger partial charge in [-0.05, 0) is 75.5 Å². The molecule has 1 rings (SSSR count). The minimum absolute atomic E-state index is 0.0955. The number of aliphatic carboxylic acids is 2. The van der Waals surface area contributed by atoms with Crippen LogP contribution in [0, 0.1) is 5.92 Å². The van der Waals surface area contributed by atoms with Crippen LogP contribution in [0.4, 0.5) is 0 Å². The van der Waals surface area contributed by atoms with Gasteiger partial charge in [0.2, 0.25) is 11.8 Å². The molecule has 4 N–H and O–H groups in total. The van der Waals surface area contributed by atoms with E-state index in [2.05, 4.69) is 29.4 Å². The molecule has 1 saturated heterocycles. The van der Waals surface area contributed by atoms with E-state index in [1.807, 2.05) is 0 Å². The van der Waals surface area contributed by atoms with Crippen molar-refractivity contribution in [2.24, 2.45) is 5.92 Å². The average Bonchev–Trinajstić information content (AvgIpc) is 3.07. The van der Waals surface area contributed by atoms with Gasteiger partial charge in [0.25, 0.3) is 0 Å². The SMILES string of the molecule is CC(C)CCCCCOC(=O)CCSCCC(NC(=O)CCCCC(CCSCCC(=O)O)SCCC(=O)O)C(=O)NCCN1CCCCC1. The van der Waals surface area contributed by atoms with Gasteiger partial charge in [-0.1, -0.05) is 46.0 Å². The van der Waals surface area contributed by atoms with E-state index in [9.17, 15) is 24.0 Å². The molecule has 1 heterocycles. The number of nitrogens with zero attached hydrogens (tertiary/aromatic N) is 1. The second kappa shape index (κ2) is 30.9. The molecule has 2 amide bonds. The molecule has 14 heteroatoms. The number of esters is 1. The van der Waals surface area contributed by atoms with E-state index in [-0.39, 0.29) is 35.9 Å². The number of thioether (sulfide) groups is 3. The van der Waals surface area contributed by atoms with Crippen LogP contribution in [-0.4, -0.2) is 118 Å². The van der Waals surface area contributed by atoms with Crippen molar-refractivity contribution in [1.29, 1.82) is 0 Å². The summed E-state index contributed by atoms with van der Waals surface area (Å²) in [6.45, 7) is 8.32. The van der Waals surface area contributed by atoms with Gasteiger partial charge in [0, 0.05) is 42.0 Å². The summed E-state index contributed by atoms with van der Waals surface area (Å²) in [6.07, 6.45) is 12.4. The first kappa shape index (κ1) is 46.4. The van der Waals surface area contributed by atoms with Crippen molar-refractivity contribution in [3.63, 3.8) is 0 Å². The second-order valence-electron chi connectivity index (χ2n) is 13.4. The fourth-order valence-electron chi connectivity index (χ4n) is 5.48. The quantitative estimate of drug-likeness (QED) is 0.0462. The number of carboxylic acids is 2. The highest BCUT2D eigenvalue weighted by molar-refractivity contribution is 8.00. The van der Waals surface area contributed by atoms with Crippen molar-refractivity contribution < 1.29 is 38.9 Å². The fourth-order valence-corrected chi connectivity index (χ4v) is 8.77. The largest absolute Gasteiger partial charge is 0.481 e. The fraction of sp³-hybridized carbons (Fsp3) is 0.861. The number of carboxylic acid groups (broad SMARTS) is 2. The Hall–Kier alpha value is -1.64. The molecular formula is C36H65N3O8S3. The highest BCUT2D eigenvalue weighted by Gasteiger charge is 2.21. The van der Waals surface area contributed by atoms with Crippen LogP contribution in [0.3, 0.4) is 0 Å². The van der Waals surface area contributed by atoms with E-state index < -0.39 is 18.0 Å². The van der Waals surface area contributed by atoms with Crippen molar-refractivity contribution >= 4 is 65.0 Å². The third-order valence-electron chi connectivity index (χ3n) is 8.41. The average molecular weight is 764 g/mol. The van der Waals surface area contributed by atoms with Gasteiger partial charge in [-0.3, -0.25) is 24.0 Å². The van der Waals surface area contributed by atoms with Crippen LogP contribution in [0.2, 0.25) is 0 Å². The summed E-state index contributed by atoms with van der Waals surface area (Å²) >= 11 is 4.81. The predicted octanol–water partition coefficient (Wildman–Crippen LogP) is 6.08. The molecule has 0 aromatic carbocycles. The van der Waals surface area contributed by atoms with Gasteiger partial charge in [0.05, 0.1) is 25.9 Å². The monoisotopic (exact) mass is 763 g/mol. The Morgan fingerprint density at radius 3 is 2.08 bits per heavy atom. The zero-order valence-corrected chi connectivity index (χ0v) is 33.1. The maximum Gasteiger partial charge on any atom is 0.306 e. The molecule has 0 saturated carbocycles. The molecule has 11 nitrogen and oxygen atoms in total. The molecule has 50 heavy (non-hydrogen) atoms. The van der Waals surface area contributed by atoms with Crippen LogP contribution in [0.1, 0.15) is 117 Å². The van der Waals surface area contributed by atoms with Crippen LogP contribution in [0.15, 0.2) is 0 Å². The molecule has 0 bridgehead atoms. The molecular weight excluding hydrogens is 699 g/mol. The lowest BCUT2D eigenvalue weighted by Crippen LogP contribution is -2.48. The summed E-state index contributed by atoms with van der Waals surface area (Å²) < 4.78 is 5.37. The van der Waals surface area contributed by atoms with E-state index >= 15 is 0 Å². The van der Waals surface area contributed by atoms with Crippen molar-refractivity contribution in [2.45, 2.75) is 128 Å². The van der Waals surface area contributed by atoms with Gasteiger partial charge < -0.3 is 30.5 Å². The van der Waals surface area contributed by atoms with E-state index in [1.165, 1.54) is 25.7 Å².